The minimum atomic E-state index is -0.528. The van der Waals surface area contributed by atoms with Crippen molar-refractivity contribution in [3.8, 4) is 6.07 Å². The van der Waals surface area contributed by atoms with Gasteiger partial charge in [-0.25, -0.2) is 18.7 Å². The van der Waals surface area contributed by atoms with E-state index < -0.39 is 11.6 Å². The first-order valence-electron chi connectivity index (χ1n) is 13.5. The summed E-state index contributed by atoms with van der Waals surface area (Å²) in [6, 6.07) is 2.15. The Balaban J connectivity index is 1.60. The number of anilines is 2. The fourth-order valence-corrected chi connectivity index (χ4v) is 7.15. The summed E-state index contributed by atoms with van der Waals surface area (Å²) in [6.45, 7) is 11.0. The van der Waals surface area contributed by atoms with Crippen molar-refractivity contribution in [2.24, 2.45) is 11.3 Å². The van der Waals surface area contributed by atoms with Gasteiger partial charge in [-0.15, -0.1) is 11.3 Å². The van der Waals surface area contributed by atoms with Crippen LogP contribution in [0.2, 0.25) is 0 Å². The third kappa shape index (κ3) is 3.86. The molecule has 0 bridgehead atoms. The van der Waals surface area contributed by atoms with E-state index in [1.165, 1.54) is 6.08 Å². The predicted molar refractivity (Wildman–Crippen MR) is 153 cm³/mol. The predicted octanol–water partition coefficient (Wildman–Crippen LogP) is 6.35. The molecule has 0 radical (unpaired) electrons. The molecule has 208 valence electrons. The van der Waals surface area contributed by atoms with E-state index in [4.69, 9.17) is 20.2 Å². The summed E-state index contributed by atoms with van der Waals surface area (Å²) in [5.74, 6) is -0.155. The number of halogens is 2. The van der Waals surface area contributed by atoms with E-state index in [0.717, 1.165) is 35.6 Å². The first-order chi connectivity index (χ1) is 19.2. The summed E-state index contributed by atoms with van der Waals surface area (Å²) in [5, 5.41) is 10.9. The maximum atomic E-state index is 16.9. The molecule has 1 spiro atoms. The summed E-state index contributed by atoms with van der Waals surface area (Å²) < 4.78 is 43.5. The summed E-state index contributed by atoms with van der Waals surface area (Å²) >= 11 is 1.00. The summed E-state index contributed by atoms with van der Waals surface area (Å²) in [7, 11) is 0. The lowest BCUT2D eigenvalue weighted by Crippen LogP contribution is -2.48. The van der Waals surface area contributed by atoms with Crippen LogP contribution in [0, 0.1) is 28.5 Å². The Kier molecular flexibility index (Phi) is 6.64. The third-order valence-corrected chi connectivity index (χ3v) is 9.80. The van der Waals surface area contributed by atoms with Gasteiger partial charge in [-0.2, -0.15) is 5.26 Å². The van der Waals surface area contributed by atoms with Gasteiger partial charge in [-0.3, -0.25) is 0 Å². The topological polar surface area (TPSA) is 97.3 Å². The van der Waals surface area contributed by atoms with E-state index in [1.807, 2.05) is 13.8 Å². The van der Waals surface area contributed by atoms with Crippen LogP contribution in [0.3, 0.4) is 0 Å². The number of ether oxygens (including phenoxy) is 2. The van der Waals surface area contributed by atoms with Crippen LogP contribution < -0.4 is 10.6 Å². The molecule has 0 saturated carbocycles. The molecule has 0 aliphatic carbocycles. The molecule has 2 fully saturated rings. The molecular formula is C30H31F2N5O2S. The van der Waals surface area contributed by atoms with Crippen molar-refractivity contribution in [3.05, 3.63) is 56.4 Å². The molecule has 0 amide bonds. The Morgan fingerprint density at radius 2 is 2.05 bits per heavy atom. The van der Waals surface area contributed by atoms with E-state index in [-0.39, 0.29) is 39.6 Å². The molecule has 3 aliphatic heterocycles. The monoisotopic (exact) mass is 563 g/mol. The van der Waals surface area contributed by atoms with Crippen LogP contribution in [0.15, 0.2) is 17.8 Å². The maximum Gasteiger partial charge on any atom is 0.226 e. The van der Waals surface area contributed by atoms with Gasteiger partial charge in [0.1, 0.15) is 22.4 Å². The van der Waals surface area contributed by atoms with Gasteiger partial charge in [-0.05, 0) is 42.9 Å². The molecule has 1 aromatic carbocycles. The van der Waals surface area contributed by atoms with Crippen LogP contribution in [0.25, 0.3) is 22.3 Å². The van der Waals surface area contributed by atoms with E-state index in [9.17, 15) is 5.26 Å². The van der Waals surface area contributed by atoms with Crippen molar-refractivity contribution < 1.29 is 18.3 Å². The van der Waals surface area contributed by atoms with Crippen molar-refractivity contribution in [1.82, 2.24) is 9.97 Å². The van der Waals surface area contributed by atoms with Crippen molar-refractivity contribution >= 4 is 44.6 Å². The Bertz CT molecular complexity index is 1650. The number of nitrogens with zero attached hydrogens (tertiary/aromatic N) is 4. The molecule has 10 heteroatoms. The largest absolute Gasteiger partial charge is 0.389 e. The van der Waals surface area contributed by atoms with Gasteiger partial charge in [-0.1, -0.05) is 25.5 Å². The highest BCUT2D eigenvalue weighted by Gasteiger charge is 2.50. The SMILES string of the molecule is C/C=C(/F)c1sc(N)c(C#N)c1/C(=C(\C)CC)c1c2c(c3cnc(N4CC(C)C5(COC5)C4)nc3c1F)COC2. The van der Waals surface area contributed by atoms with Crippen LogP contribution in [0.1, 0.15) is 66.8 Å². The number of benzene rings is 1. The number of nitriles is 1. The Labute approximate surface area is 235 Å². The van der Waals surface area contributed by atoms with Gasteiger partial charge in [0.2, 0.25) is 5.95 Å². The van der Waals surface area contributed by atoms with E-state index in [1.54, 1.807) is 13.1 Å². The van der Waals surface area contributed by atoms with Crippen LogP contribution in [-0.2, 0) is 22.7 Å². The Morgan fingerprint density at radius 1 is 1.30 bits per heavy atom. The molecule has 2 aromatic heterocycles. The zero-order valence-corrected chi connectivity index (χ0v) is 23.8. The number of thiophene rings is 1. The van der Waals surface area contributed by atoms with Crippen LogP contribution in [0.4, 0.5) is 19.7 Å². The van der Waals surface area contributed by atoms with Gasteiger partial charge in [0.25, 0.3) is 0 Å². The number of hydrogen-bond acceptors (Lipinski definition) is 8. The second-order valence-corrected chi connectivity index (χ2v) is 12.1. The smallest absolute Gasteiger partial charge is 0.226 e. The molecule has 3 aromatic rings. The highest BCUT2D eigenvalue weighted by atomic mass is 32.1. The summed E-state index contributed by atoms with van der Waals surface area (Å²) in [5.41, 5.74) is 10.0. The molecule has 40 heavy (non-hydrogen) atoms. The number of allylic oxidation sites excluding steroid dienone is 2. The lowest BCUT2D eigenvalue weighted by Gasteiger charge is -2.40. The quantitative estimate of drug-likeness (QED) is 0.386. The summed E-state index contributed by atoms with van der Waals surface area (Å²) in [4.78, 5) is 11.8. The lowest BCUT2D eigenvalue weighted by molar-refractivity contribution is -0.120. The van der Waals surface area contributed by atoms with E-state index in [2.05, 4.69) is 22.9 Å². The highest BCUT2D eigenvalue weighted by Crippen LogP contribution is 2.48. The van der Waals surface area contributed by atoms with Crippen molar-refractivity contribution in [1.29, 1.82) is 5.26 Å². The fourth-order valence-electron chi connectivity index (χ4n) is 6.16. The van der Waals surface area contributed by atoms with Gasteiger partial charge in [0, 0.05) is 41.2 Å². The fraction of sp³-hybridized carbons (Fsp3) is 0.433. The average molecular weight is 564 g/mol. The number of rotatable bonds is 5. The van der Waals surface area contributed by atoms with Gasteiger partial charge >= 0.3 is 0 Å². The third-order valence-electron chi connectivity index (χ3n) is 8.77. The van der Waals surface area contributed by atoms with Crippen molar-refractivity contribution in [2.75, 3.05) is 36.9 Å². The second kappa shape index (κ2) is 9.91. The molecule has 6 rings (SSSR count). The maximum absolute atomic E-state index is 16.9. The second-order valence-electron chi connectivity index (χ2n) is 11.0. The normalized spacial score (nSPS) is 20.6. The number of nitrogens with two attached hydrogens (primary N) is 1. The molecule has 3 aliphatic rings. The molecule has 2 saturated heterocycles. The zero-order valence-electron chi connectivity index (χ0n) is 23.0. The minimum absolute atomic E-state index is 0.0851. The van der Waals surface area contributed by atoms with Crippen LogP contribution >= 0.6 is 11.3 Å². The number of nitrogen functional groups attached to an aromatic ring is 1. The Hall–Kier alpha value is -3.39. The molecule has 1 atom stereocenters. The summed E-state index contributed by atoms with van der Waals surface area (Å²) in [6.07, 6.45) is 3.58. The molecule has 1 unspecified atom stereocenters. The molecular weight excluding hydrogens is 532 g/mol. The first-order valence-corrected chi connectivity index (χ1v) is 14.3. The zero-order chi connectivity index (χ0) is 28.3. The minimum Gasteiger partial charge on any atom is -0.389 e. The van der Waals surface area contributed by atoms with Crippen molar-refractivity contribution in [3.63, 3.8) is 0 Å². The van der Waals surface area contributed by atoms with E-state index >= 15 is 8.78 Å². The number of aromatic nitrogens is 2. The number of fused-ring (bicyclic) bond motifs is 3. The number of hydrogen-bond donors (Lipinski definition) is 1. The van der Waals surface area contributed by atoms with Gasteiger partial charge < -0.3 is 20.1 Å². The standard InChI is InChI=1S/C30H31F2N5O2S/c1-5-15(3)22(24-17(7-33)28(34)40-27(24)21(31)6-2)23-20-11-38-10-19(20)18-8-35-29(36-26(18)25(23)32)37-9-16(4)30(12-37)13-39-14-30/h6,8,16H,5,9-14,34H2,1-4H3/b21-6+,22-15+. The lowest BCUT2D eigenvalue weighted by atomic mass is 9.77. The molecule has 5 heterocycles. The van der Waals surface area contributed by atoms with Crippen molar-refractivity contribution in [2.45, 2.75) is 47.3 Å². The van der Waals surface area contributed by atoms with Gasteiger partial charge in [0.15, 0.2) is 5.82 Å². The highest BCUT2D eigenvalue weighted by molar-refractivity contribution is 7.17. The Morgan fingerprint density at radius 3 is 2.67 bits per heavy atom. The average Bonchev–Trinajstić information content (AvgIpc) is 3.65. The van der Waals surface area contributed by atoms with Crippen LogP contribution in [-0.4, -0.2) is 36.3 Å². The first kappa shape index (κ1) is 26.8. The van der Waals surface area contributed by atoms with Crippen LogP contribution in [0.5, 0.6) is 0 Å². The van der Waals surface area contributed by atoms with Gasteiger partial charge in [0.05, 0.1) is 36.9 Å². The van der Waals surface area contributed by atoms with E-state index in [0.29, 0.717) is 59.2 Å². The molecule has 7 nitrogen and oxygen atoms in total. The molecule has 2 N–H and O–H groups in total.